The molecular weight excluding hydrogens is 236 g/mol. The Morgan fingerprint density at radius 1 is 1.16 bits per heavy atom. The minimum atomic E-state index is 0.285. The molecule has 19 heavy (non-hydrogen) atoms. The third-order valence-corrected chi connectivity index (χ3v) is 5.39. The maximum atomic E-state index is 12.8. The Kier molecular flexibility index (Phi) is 3.16. The maximum Gasteiger partial charge on any atom is 0.226 e. The molecule has 3 heteroatoms. The first kappa shape index (κ1) is 13.4. The van der Waals surface area contributed by atoms with Gasteiger partial charge in [0.25, 0.3) is 0 Å². The number of fused-ring (bicyclic) bond motifs is 2. The average Bonchev–Trinajstić information content (AvgIpc) is 2.59. The summed E-state index contributed by atoms with van der Waals surface area (Å²) in [6.07, 6.45) is 5.75. The lowest BCUT2D eigenvalue weighted by atomic mass is 9.65. The van der Waals surface area contributed by atoms with E-state index in [1.54, 1.807) is 0 Å². The van der Waals surface area contributed by atoms with Gasteiger partial charge >= 0.3 is 0 Å². The second-order valence-electron chi connectivity index (χ2n) is 8.20. The van der Waals surface area contributed by atoms with Gasteiger partial charge in [-0.2, -0.15) is 0 Å². The number of nitrogens with one attached hydrogen (secondary N) is 1. The van der Waals surface area contributed by atoms with E-state index in [9.17, 15) is 4.79 Å². The van der Waals surface area contributed by atoms with Crippen molar-refractivity contribution in [2.24, 2.45) is 16.7 Å². The smallest absolute Gasteiger partial charge is 0.226 e. The SMILES string of the molecule is CC1(C)C[C@@H]2C[C@](C)(CN2C(=O)C2CCNCC2)C1. The summed E-state index contributed by atoms with van der Waals surface area (Å²) in [7, 11) is 0. The standard InChI is InChI=1S/C16H28N2O/c1-15(2)8-13-9-16(3,10-15)11-18(13)14(19)12-4-6-17-7-5-12/h12-13,17H,4-11H2,1-3H3/t13-,16+/m1/s1. The highest BCUT2D eigenvalue weighted by Crippen LogP contribution is 2.52. The number of piperidine rings is 1. The maximum absolute atomic E-state index is 12.8. The van der Waals surface area contributed by atoms with E-state index in [0.717, 1.165) is 32.5 Å². The van der Waals surface area contributed by atoms with Gasteiger partial charge in [0.05, 0.1) is 0 Å². The molecule has 0 unspecified atom stereocenters. The highest BCUT2D eigenvalue weighted by molar-refractivity contribution is 5.79. The molecule has 1 aliphatic carbocycles. The van der Waals surface area contributed by atoms with E-state index in [4.69, 9.17) is 0 Å². The Hall–Kier alpha value is -0.570. The molecule has 2 bridgehead atoms. The van der Waals surface area contributed by atoms with E-state index >= 15 is 0 Å². The fraction of sp³-hybridized carbons (Fsp3) is 0.938. The van der Waals surface area contributed by atoms with Crippen molar-refractivity contribution in [3.8, 4) is 0 Å². The molecule has 2 aliphatic heterocycles. The molecule has 1 saturated carbocycles. The van der Waals surface area contributed by atoms with Crippen LogP contribution in [0.15, 0.2) is 0 Å². The molecule has 3 fully saturated rings. The van der Waals surface area contributed by atoms with Crippen molar-refractivity contribution >= 4 is 5.91 Å². The summed E-state index contributed by atoms with van der Waals surface area (Å²) in [6, 6.07) is 0.510. The molecule has 0 aromatic carbocycles. The van der Waals surface area contributed by atoms with E-state index in [0.29, 0.717) is 22.8 Å². The molecular formula is C16H28N2O. The van der Waals surface area contributed by atoms with Crippen LogP contribution in [0.5, 0.6) is 0 Å². The number of carbonyl (C=O) groups excluding carboxylic acids is 1. The second kappa shape index (κ2) is 4.47. The van der Waals surface area contributed by atoms with Gasteiger partial charge in [-0.15, -0.1) is 0 Å². The van der Waals surface area contributed by atoms with Gasteiger partial charge in [-0.05, 0) is 56.0 Å². The molecule has 1 N–H and O–H groups in total. The summed E-state index contributed by atoms with van der Waals surface area (Å²) in [5.41, 5.74) is 0.774. The monoisotopic (exact) mass is 264 g/mol. The molecule has 108 valence electrons. The van der Waals surface area contributed by atoms with Crippen molar-refractivity contribution in [3.63, 3.8) is 0 Å². The number of likely N-dealkylation sites (tertiary alicyclic amines) is 1. The Bertz CT molecular complexity index is 373. The van der Waals surface area contributed by atoms with Crippen LogP contribution in [0.3, 0.4) is 0 Å². The van der Waals surface area contributed by atoms with Gasteiger partial charge in [0.1, 0.15) is 0 Å². The summed E-state index contributed by atoms with van der Waals surface area (Å²) in [6.45, 7) is 10.2. The predicted molar refractivity (Wildman–Crippen MR) is 76.8 cm³/mol. The van der Waals surface area contributed by atoms with Gasteiger partial charge < -0.3 is 10.2 Å². The lowest BCUT2D eigenvalue weighted by molar-refractivity contribution is -0.137. The van der Waals surface area contributed by atoms with Crippen LogP contribution in [0, 0.1) is 16.7 Å². The Morgan fingerprint density at radius 2 is 1.84 bits per heavy atom. The molecule has 2 atom stereocenters. The van der Waals surface area contributed by atoms with Gasteiger partial charge in [-0.1, -0.05) is 20.8 Å². The van der Waals surface area contributed by atoms with E-state index in [1.165, 1.54) is 19.3 Å². The fourth-order valence-corrected chi connectivity index (χ4v) is 5.02. The van der Waals surface area contributed by atoms with Crippen molar-refractivity contribution in [3.05, 3.63) is 0 Å². The predicted octanol–water partition coefficient (Wildman–Crippen LogP) is 2.41. The highest BCUT2D eigenvalue weighted by atomic mass is 16.2. The van der Waals surface area contributed by atoms with Crippen molar-refractivity contribution in [2.45, 2.75) is 58.9 Å². The third kappa shape index (κ3) is 2.54. The summed E-state index contributed by atoms with van der Waals surface area (Å²) in [4.78, 5) is 15.0. The lowest BCUT2D eigenvalue weighted by Gasteiger charge is -2.39. The van der Waals surface area contributed by atoms with Crippen molar-refractivity contribution in [1.29, 1.82) is 0 Å². The van der Waals surface area contributed by atoms with E-state index in [-0.39, 0.29) is 5.92 Å². The molecule has 3 rings (SSSR count). The topological polar surface area (TPSA) is 32.3 Å². The molecule has 0 aromatic heterocycles. The summed E-state index contributed by atoms with van der Waals surface area (Å²) < 4.78 is 0. The van der Waals surface area contributed by atoms with Gasteiger partial charge in [0.2, 0.25) is 5.91 Å². The largest absolute Gasteiger partial charge is 0.339 e. The fourth-order valence-electron chi connectivity index (χ4n) is 5.02. The molecule has 2 heterocycles. The molecule has 3 aliphatic rings. The van der Waals surface area contributed by atoms with Gasteiger partial charge in [0.15, 0.2) is 0 Å². The minimum Gasteiger partial charge on any atom is -0.339 e. The lowest BCUT2D eigenvalue weighted by Crippen LogP contribution is -2.43. The first-order valence-electron chi connectivity index (χ1n) is 7.90. The second-order valence-corrected chi connectivity index (χ2v) is 8.20. The summed E-state index contributed by atoms with van der Waals surface area (Å²) in [5, 5.41) is 3.36. The third-order valence-electron chi connectivity index (χ3n) is 5.39. The van der Waals surface area contributed by atoms with Gasteiger partial charge in [-0.3, -0.25) is 4.79 Å². The van der Waals surface area contributed by atoms with Crippen molar-refractivity contribution in [1.82, 2.24) is 10.2 Å². The Morgan fingerprint density at radius 3 is 2.53 bits per heavy atom. The van der Waals surface area contributed by atoms with Crippen LogP contribution in [-0.4, -0.2) is 36.5 Å². The van der Waals surface area contributed by atoms with E-state index < -0.39 is 0 Å². The molecule has 0 radical (unpaired) electrons. The van der Waals surface area contributed by atoms with Crippen LogP contribution < -0.4 is 5.32 Å². The molecule has 3 nitrogen and oxygen atoms in total. The van der Waals surface area contributed by atoms with E-state index in [1.807, 2.05) is 0 Å². The summed E-state index contributed by atoms with van der Waals surface area (Å²) >= 11 is 0. The first-order chi connectivity index (χ1) is 8.89. The van der Waals surface area contributed by atoms with Crippen LogP contribution in [0.2, 0.25) is 0 Å². The number of carbonyl (C=O) groups is 1. The average molecular weight is 264 g/mol. The Labute approximate surface area is 117 Å². The quantitative estimate of drug-likeness (QED) is 0.789. The number of rotatable bonds is 1. The van der Waals surface area contributed by atoms with Gasteiger partial charge in [0, 0.05) is 18.5 Å². The van der Waals surface area contributed by atoms with Crippen LogP contribution in [0.4, 0.5) is 0 Å². The summed E-state index contributed by atoms with van der Waals surface area (Å²) in [5.74, 6) is 0.736. The Balaban J connectivity index is 1.74. The number of hydrogen-bond donors (Lipinski definition) is 1. The minimum absolute atomic E-state index is 0.285. The molecule has 1 amide bonds. The van der Waals surface area contributed by atoms with Crippen molar-refractivity contribution < 1.29 is 4.79 Å². The van der Waals surface area contributed by atoms with Crippen LogP contribution in [0.1, 0.15) is 52.9 Å². The molecule has 2 saturated heterocycles. The zero-order chi connectivity index (χ0) is 13.7. The highest BCUT2D eigenvalue weighted by Gasteiger charge is 2.51. The van der Waals surface area contributed by atoms with E-state index in [2.05, 4.69) is 31.0 Å². The van der Waals surface area contributed by atoms with Crippen molar-refractivity contribution in [2.75, 3.05) is 19.6 Å². The molecule has 0 spiro atoms. The zero-order valence-corrected chi connectivity index (χ0v) is 12.7. The number of amides is 1. The first-order valence-corrected chi connectivity index (χ1v) is 7.90. The van der Waals surface area contributed by atoms with Gasteiger partial charge in [-0.25, -0.2) is 0 Å². The van der Waals surface area contributed by atoms with Crippen LogP contribution in [-0.2, 0) is 4.79 Å². The normalized spacial score (nSPS) is 38.5. The van der Waals surface area contributed by atoms with Crippen LogP contribution in [0.25, 0.3) is 0 Å². The van der Waals surface area contributed by atoms with Crippen LogP contribution >= 0.6 is 0 Å². The number of nitrogens with zero attached hydrogens (tertiary/aromatic N) is 1. The number of hydrogen-bond acceptors (Lipinski definition) is 2. The molecule has 0 aromatic rings. The zero-order valence-electron chi connectivity index (χ0n) is 12.7.